The van der Waals surface area contributed by atoms with Gasteiger partial charge in [-0.1, -0.05) is 151 Å². The summed E-state index contributed by atoms with van der Waals surface area (Å²) in [6.45, 7) is 18.7. The predicted molar refractivity (Wildman–Crippen MR) is 249 cm³/mol. The molecule has 1 heterocycles. The van der Waals surface area contributed by atoms with Gasteiger partial charge in [-0.2, -0.15) is 0 Å². The third-order valence-corrected chi connectivity index (χ3v) is 13.1. The fraction of sp³-hybridized carbons (Fsp3) is 0.179. The summed E-state index contributed by atoms with van der Waals surface area (Å²) in [5.41, 5.74) is 10.5. The van der Waals surface area contributed by atoms with Gasteiger partial charge in [0.25, 0.3) is 0 Å². The van der Waals surface area contributed by atoms with Gasteiger partial charge in [0.15, 0.2) is 0 Å². The second-order valence-corrected chi connectivity index (χ2v) is 18.6. The van der Waals surface area contributed by atoms with Crippen LogP contribution < -0.4 is 0 Å². The maximum absolute atomic E-state index is 2.50. The molecule has 0 spiro atoms. The van der Waals surface area contributed by atoms with Crippen molar-refractivity contribution < 1.29 is 0 Å². The Morgan fingerprint density at radius 2 is 0.895 bits per heavy atom. The first-order valence-corrected chi connectivity index (χ1v) is 20.5. The molecule has 0 saturated heterocycles. The molecule has 0 bridgehead atoms. The largest absolute Gasteiger partial charge is 0.313 e. The van der Waals surface area contributed by atoms with E-state index in [4.69, 9.17) is 0 Å². The normalized spacial score (nSPS) is 12.9. The van der Waals surface area contributed by atoms with E-state index >= 15 is 0 Å². The van der Waals surface area contributed by atoms with Crippen molar-refractivity contribution in [2.75, 3.05) is 0 Å². The zero-order valence-electron chi connectivity index (χ0n) is 34.2. The van der Waals surface area contributed by atoms with Crippen LogP contribution in [0.5, 0.6) is 0 Å². The number of rotatable bonds is 2. The lowest BCUT2D eigenvalue weighted by Gasteiger charge is -2.30. The molecule has 0 N–H and O–H groups in total. The van der Waals surface area contributed by atoms with Crippen LogP contribution in [-0.2, 0) is 10.8 Å². The highest BCUT2D eigenvalue weighted by molar-refractivity contribution is 6.25. The zero-order chi connectivity index (χ0) is 39.1. The van der Waals surface area contributed by atoms with Crippen molar-refractivity contribution >= 4 is 86.3 Å². The van der Waals surface area contributed by atoms with Gasteiger partial charge in [-0.05, 0) is 153 Å². The maximum atomic E-state index is 2.50. The SMILES string of the molecule is Cc1c(C)n(-c2ccc3ccc4cccc5ccc2c3c45)c2cc3ccc4cc(-c5ccc6c(C(C)(C)C)c7ccccc7c(C(C)(C)C)c6c5)ccc4c3cc12. The fourth-order valence-corrected chi connectivity index (χ4v) is 10.5. The van der Waals surface area contributed by atoms with Crippen molar-refractivity contribution in [3.05, 3.63) is 162 Å². The van der Waals surface area contributed by atoms with Gasteiger partial charge >= 0.3 is 0 Å². The Hall–Kier alpha value is -6.18. The van der Waals surface area contributed by atoms with E-state index in [0.29, 0.717) is 0 Å². The molecular weight excluding hydrogens is 687 g/mol. The van der Waals surface area contributed by atoms with Crippen LogP contribution in [0.15, 0.2) is 140 Å². The summed E-state index contributed by atoms with van der Waals surface area (Å²) in [5.74, 6) is 0. The van der Waals surface area contributed by atoms with Gasteiger partial charge in [0.05, 0.1) is 11.2 Å². The Morgan fingerprint density at radius 3 is 1.58 bits per heavy atom. The highest BCUT2D eigenvalue weighted by Crippen LogP contribution is 2.46. The second-order valence-electron chi connectivity index (χ2n) is 18.6. The molecule has 10 aromatic carbocycles. The molecule has 0 unspecified atom stereocenters. The van der Waals surface area contributed by atoms with Crippen LogP contribution in [0.2, 0.25) is 0 Å². The van der Waals surface area contributed by atoms with E-state index in [0.717, 1.165) is 0 Å². The Balaban J connectivity index is 1.09. The van der Waals surface area contributed by atoms with Crippen LogP contribution in [-0.4, -0.2) is 4.57 Å². The molecule has 11 rings (SSSR count). The molecule has 276 valence electrons. The van der Waals surface area contributed by atoms with E-state index in [1.54, 1.807) is 0 Å². The van der Waals surface area contributed by atoms with Crippen LogP contribution >= 0.6 is 0 Å². The number of aryl methyl sites for hydroxylation is 1. The molecule has 0 aliphatic heterocycles. The monoisotopic (exact) mass is 733 g/mol. The molecule has 1 nitrogen and oxygen atoms in total. The smallest absolute Gasteiger partial charge is 0.0540 e. The minimum Gasteiger partial charge on any atom is -0.313 e. The van der Waals surface area contributed by atoms with Gasteiger partial charge in [-0.15, -0.1) is 0 Å². The minimum absolute atomic E-state index is 0.00498. The summed E-state index contributed by atoms with van der Waals surface area (Å²) in [6.07, 6.45) is 0. The van der Waals surface area contributed by atoms with E-state index in [1.165, 1.54) is 126 Å². The first-order chi connectivity index (χ1) is 27.4. The summed E-state index contributed by atoms with van der Waals surface area (Å²) in [5, 5.41) is 19.8. The molecular formula is C56H47N. The fourth-order valence-electron chi connectivity index (χ4n) is 10.5. The van der Waals surface area contributed by atoms with Crippen LogP contribution in [0, 0.1) is 13.8 Å². The number of hydrogen-bond acceptors (Lipinski definition) is 0. The quantitative estimate of drug-likeness (QED) is 0.123. The Labute approximate surface area is 334 Å². The molecule has 11 aromatic rings. The molecule has 0 atom stereocenters. The predicted octanol–water partition coefficient (Wildman–Crippen LogP) is 16.0. The first kappa shape index (κ1) is 34.1. The molecule has 57 heavy (non-hydrogen) atoms. The van der Waals surface area contributed by atoms with Crippen LogP contribution in [0.3, 0.4) is 0 Å². The lowest BCUT2D eigenvalue weighted by atomic mass is 9.73. The molecule has 0 radical (unpaired) electrons. The summed E-state index contributed by atoms with van der Waals surface area (Å²) < 4.78 is 2.50. The van der Waals surface area contributed by atoms with Crippen molar-refractivity contribution in [1.82, 2.24) is 4.57 Å². The Bertz CT molecular complexity index is 3470. The molecule has 0 fully saturated rings. The van der Waals surface area contributed by atoms with E-state index in [2.05, 4.69) is 199 Å². The minimum atomic E-state index is -0.0179. The van der Waals surface area contributed by atoms with Gasteiger partial charge in [-0.25, -0.2) is 0 Å². The molecule has 0 aliphatic rings. The van der Waals surface area contributed by atoms with E-state index < -0.39 is 0 Å². The molecule has 1 aromatic heterocycles. The van der Waals surface area contributed by atoms with Gasteiger partial charge in [0, 0.05) is 16.5 Å². The summed E-state index contributed by atoms with van der Waals surface area (Å²) in [7, 11) is 0. The number of nitrogens with zero attached hydrogens (tertiary/aromatic N) is 1. The topological polar surface area (TPSA) is 4.93 Å². The lowest BCUT2D eigenvalue weighted by molar-refractivity contribution is 0.593. The number of hydrogen-bond donors (Lipinski definition) is 0. The van der Waals surface area contributed by atoms with E-state index in [9.17, 15) is 0 Å². The highest BCUT2D eigenvalue weighted by atomic mass is 15.0. The van der Waals surface area contributed by atoms with Crippen LogP contribution in [0.1, 0.15) is 63.9 Å². The van der Waals surface area contributed by atoms with Crippen molar-refractivity contribution in [2.24, 2.45) is 0 Å². The Kier molecular flexibility index (Phi) is 6.99. The zero-order valence-corrected chi connectivity index (χ0v) is 34.2. The summed E-state index contributed by atoms with van der Waals surface area (Å²) in [4.78, 5) is 0. The van der Waals surface area contributed by atoms with Gasteiger partial charge in [0.2, 0.25) is 0 Å². The van der Waals surface area contributed by atoms with Crippen LogP contribution in [0.4, 0.5) is 0 Å². The van der Waals surface area contributed by atoms with E-state index in [-0.39, 0.29) is 10.8 Å². The van der Waals surface area contributed by atoms with Crippen molar-refractivity contribution in [1.29, 1.82) is 0 Å². The lowest BCUT2D eigenvalue weighted by Crippen LogP contribution is -2.17. The van der Waals surface area contributed by atoms with E-state index in [1.807, 2.05) is 0 Å². The molecule has 1 heteroatoms. The third kappa shape index (κ3) is 4.88. The third-order valence-electron chi connectivity index (χ3n) is 13.1. The highest BCUT2D eigenvalue weighted by Gasteiger charge is 2.27. The average Bonchev–Trinajstić information content (AvgIpc) is 3.44. The Morgan fingerprint density at radius 1 is 0.368 bits per heavy atom. The molecule has 0 aliphatic carbocycles. The average molecular weight is 734 g/mol. The number of aromatic nitrogens is 1. The second kappa shape index (κ2) is 11.7. The molecule has 0 amide bonds. The summed E-state index contributed by atoms with van der Waals surface area (Å²) >= 11 is 0. The van der Waals surface area contributed by atoms with Crippen molar-refractivity contribution in [3.8, 4) is 16.8 Å². The van der Waals surface area contributed by atoms with Crippen molar-refractivity contribution in [2.45, 2.75) is 66.2 Å². The number of fused-ring (bicyclic) bond motifs is 6. The maximum Gasteiger partial charge on any atom is 0.0540 e. The molecule has 0 saturated carbocycles. The van der Waals surface area contributed by atoms with Crippen molar-refractivity contribution in [3.63, 3.8) is 0 Å². The van der Waals surface area contributed by atoms with Crippen LogP contribution in [0.25, 0.3) is 103 Å². The van der Waals surface area contributed by atoms with Gasteiger partial charge < -0.3 is 4.57 Å². The number of benzene rings is 10. The first-order valence-electron chi connectivity index (χ1n) is 20.5. The van der Waals surface area contributed by atoms with Gasteiger partial charge in [-0.3, -0.25) is 0 Å². The summed E-state index contributed by atoms with van der Waals surface area (Å²) in [6, 6.07) is 53.3. The van der Waals surface area contributed by atoms with Gasteiger partial charge in [0.1, 0.15) is 0 Å². The standard InChI is InChI=1S/C56H47N/c1-32-33(2)57(49-27-23-36-17-16-34-12-11-13-35-20-26-45(49)52(36)51(34)35)50-30-40-19-18-39-28-37(21-24-41(39)47(40)31-46(32)50)38-22-25-44-48(29-38)54(56(6,7)8)43-15-10-9-14-42(43)53(44)55(3,4)5/h9-31H,1-8H3.